The van der Waals surface area contributed by atoms with Gasteiger partial charge in [0.25, 0.3) is 0 Å². The molecule has 14 heavy (non-hydrogen) atoms. The summed E-state index contributed by atoms with van der Waals surface area (Å²) in [4.78, 5) is 4.46. The number of rotatable bonds is 2. The van der Waals surface area contributed by atoms with Gasteiger partial charge in [-0.25, -0.2) is 4.98 Å². The minimum atomic E-state index is 0.357. The predicted molar refractivity (Wildman–Crippen MR) is 54.9 cm³/mol. The largest absolute Gasteiger partial charge is 0.307 e. The summed E-state index contributed by atoms with van der Waals surface area (Å²) >= 11 is 0. The Labute approximate surface area is 84.5 Å². The molecular weight excluding hydrogens is 176 g/mol. The maximum absolute atomic E-state index is 4.46. The summed E-state index contributed by atoms with van der Waals surface area (Å²) in [6, 6.07) is 0.357. The minimum absolute atomic E-state index is 0.357. The van der Waals surface area contributed by atoms with E-state index in [1.807, 2.05) is 0 Å². The van der Waals surface area contributed by atoms with E-state index in [1.54, 1.807) is 0 Å². The van der Waals surface area contributed by atoms with Gasteiger partial charge in [-0.05, 0) is 25.3 Å². The number of nitrogens with one attached hydrogen (secondary N) is 2. The molecule has 2 heterocycles. The third kappa shape index (κ3) is 1.95. The zero-order valence-electron chi connectivity index (χ0n) is 8.88. The van der Waals surface area contributed by atoms with Crippen LogP contribution >= 0.6 is 0 Å². The average Bonchev–Trinajstić information content (AvgIpc) is 2.66. The maximum Gasteiger partial charge on any atom is 0.167 e. The van der Waals surface area contributed by atoms with E-state index in [0.717, 1.165) is 37.0 Å². The van der Waals surface area contributed by atoms with Crippen LogP contribution in [0.4, 0.5) is 0 Å². The number of hydrogen-bond donors (Lipinski definition) is 2. The Morgan fingerprint density at radius 1 is 1.50 bits per heavy atom. The fourth-order valence-corrected chi connectivity index (χ4v) is 1.93. The Morgan fingerprint density at radius 3 is 3.00 bits per heavy atom. The van der Waals surface area contributed by atoms with Crippen LogP contribution in [0, 0.1) is 5.92 Å². The number of aryl methyl sites for hydroxylation is 1. The van der Waals surface area contributed by atoms with Crippen LogP contribution in [0.15, 0.2) is 0 Å². The van der Waals surface area contributed by atoms with Crippen molar-refractivity contribution in [2.75, 3.05) is 6.54 Å². The summed E-state index contributed by atoms with van der Waals surface area (Å²) in [6.45, 7) is 5.46. The van der Waals surface area contributed by atoms with Crippen molar-refractivity contribution in [1.29, 1.82) is 0 Å². The number of nitrogens with zero attached hydrogens (tertiary/aromatic N) is 2. The van der Waals surface area contributed by atoms with Gasteiger partial charge in [-0.2, -0.15) is 5.10 Å². The summed E-state index contributed by atoms with van der Waals surface area (Å²) < 4.78 is 0. The Balaban J connectivity index is 2.06. The fourth-order valence-electron chi connectivity index (χ4n) is 1.93. The van der Waals surface area contributed by atoms with Gasteiger partial charge in [0.2, 0.25) is 0 Å². The highest BCUT2D eigenvalue weighted by atomic mass is 15.2. The second-order valence-electron chi connectivity index (χ2n) is 4.13. The van der Waals surface area contributed by atoms with Crippen molar-refractivity contribution in [3.05, 3.63) is 11.6 Å². The Hall–Kier alpha value is -0.900. The maximum atomic E-state index is 4.46. The zero-order chi connectivity index (χ0) is 9.97. The summed E-state index contributed by atoms with van der Waals surface area (Å²) in [5.41, 5.74) is 0. The van der Waals surface area contributed by atoms with Crippen LogP contribution in [0.2, 0.25) is 0 Å². The molecule has 78 valence electrons. The van der Waals surface area contributed by atoms with E-state index < -0.39 is 0 Å². The highest BCUT2D eigenvalue weighted by Crippen LogP contribution is 2.24. The van der Waals surface area contributed by atoms with Crippen molar-refractivity contribution in [3.8, 4) is 0 Å². The third-order valence-corrected chi connectivity index (χ3v) is 2.86. The van der Waals surface area contributed by atoms with E-state index in [-0.39, 0.29) is 0 Å². The SMILES string of the molecule is CCc1nc(C2CC(C)CCN2)n[nH]1. The molecule has 0 amide bonds. The zero-order valence-corrected chi connectivity index (χ0v) is 8.88. The molecular formula is C10H18N4. The summed E-state index contributed by atoms with van der Waals surface area (Å²) in [5, 5.41) is 10.7. The Morgan fingerprint density at radius 2 is 2.36 bits per heavy atom. The number of H-pyrrole nitrogens is 1. The molecule has 1 aliphatic heterocycles. The lowest BCUT2D eigenvalue weighted by atomic mass is 9.94. The first kappa shape index (κ1) is 9.65. The standard InChI is InChI=1S/C10H18N4/c1-3-9-12-10(14-13-9)8-6-7(2)4-5-11-8/h7-8,11H,3-6H2,1-2H3,(H,12,13,14). The molecule has 1 aliphatic rings. The predicted octanol–water partition coefficient (Wildman–Crippen LogP) is 1.43. The lowest BCUT2D eigenvalue weighted by Gasteiger charge is -2.25. The van der Waals surface area contributed by atoms with Gasteiger partial charge < -0.3 is 5.32 Å². The van der Waals surface area contributed by atoms with Gasteiger partial charge in [0.15, 0.2) is 5.82 Å². The smallest absolute Gasteiger partial charge is 0.167 e. The van der Waals surface area contributed by atoms with E-state index in [4.69, 9.17) is 0 Å². The highest BCUT2D eigenvalue weighted by molar-refractivity contribution is 4.98. The van der Waals surface area contributed by atoms with Gasteiger partial charge in [-0.3, -0.25) is 5.10 Å². The van der Waals surface area contributed by atoms with Crippen LogP contribution in [0.1, 0.15) is 44.4 Å². The van der Waals surface area contributed by atoms with E-state index in [2.05, 4.69) is 34.3 Å². The lowest BCUT2D eigenvalue weighted by molar-refractivity contribution is 0.316. The monoisotopic (exact) mass is 194 g/mol. The van der Waals surface area contributed by atoms with Crippen LogP contribution in [0.25, 0.3) is 0 Å². The van der Waals surface area contributed by atoms with Gasteiger partial charge >= 0.3 is 0 Å². The lowest BCUT2D eigenvalue weighted by Crippen LogP contribution is -2.31. The molecule has 1 fully saturated rings. The third-order valence-electron chi connectivity index (χ3n) is 2.86. The molecule has 1 aromatic rings. The fraction of sp³-hybridized carbons (Fsp3) is 0.800. The van der Waals surface area contributed by atoms with Crippen molar-refractivity contribution in [3.63, 3.8) is 0 Å². The van der Waals surface area contributed by atoms with Crippen molar-refractivity contribution >= 4 is 0 Å². The van der Waals surface area contributed by atoms with E-state index >= 15 is 0 Å². The molecule has 0 aromatic carbocycles. The van der Waals surface area contributed by atoms with Crippen molar-refractivity contribution < 1.29 is 0 Å². The molecule has 2 rings (SSSR count). The second-order valence-corrected chi connectivity index (χ2v) is 4.13. The first-order chi connectivity index (χ1) is 6.79. The quantitative estimate of drug-likeness (QED) is 0.748. The van der Waals surface area contributed by atoms with E-state index in [1.165, 1.54) is 6.42 Å². The average molecular weight is 194 g/mol. The molecule has 0 spiro atoms. The van der Waals surface area contributed by atoms with E-state index in [9.17, 15) is 0 Å². The first-order valence-electron chi connectivity index (χ1n) is 5.44. The second kappa shape index (κ2) is 4.09. The van der Waals surface area contributed by atoms with Crippen molar-refractivity contribution in [1.82, 2.24) is 20.5 Å². The number of hydrogen-bond acceptors (Lipinski definition) is 3. The molecule has 2 N–H and O–H groups in total. The molecule has 0 saturated carbocycles. The number of aromatic nitrogens is 3. The van der Waals surface area contributed by atoms with Gasteiger partial charge in [0, 0.05) is 6.42 Å². The Kier molecular flexibility index (Phi) is 2.82. The normalized spacial score (nSPS) is 27.9. The van der Waals surface area contributed by atoms with E-state index in [0.29, 0.717) is 6.04 Å². The minimum Gasteiger partial charge on any atom is -0.307 e. The van der Waals surface area contributed by atoms with Crippen LogP contribution in [-0.4, -0.2) is 21.7 Å². The molecule has 1 aromatic heterocycles. The molecule has 0 bridgehead atoms. The van der Waals surface area contributed by atoms with Crippen molar-refractivity contribution in [2.45, 2.75) is 39.2 Å². The van der Waals surface area contributed by atoms with Crippen LogP contribution in [0.5, 0.6) is 0 Å². The summed E-state index contributed by atoms with van der Waals surface area (Å²) in [6.07, 6.45) is 3.35. The molecule has 2 unspecified atom stereocenters. The van der Waals surface area contributed by atoms with Crippen molar-refractivity contribution in [2.24, 2.45) is 5.92 Å². The Bertz CT molecular complexity index is 294. The van der Waals surface area contributed by atoms with Crippen LogP contribution in [0.3, 0.4) is 0 Å². The van der Waals surface area contributed by atoms with Gasteiger partial charge in [0.1, 0.15) is 5.82 Å². The molecule has 2 atom stereocenters. The van der Waals surface area contributed by atoms with Gasteiger partial charge in [0.05, 0.1) is 6.04 Å². The first-order valence-corrected chi connectivity index (χ1v) is 5.44. The molecule has 4 heteroatoms. The molecule has 4 nitrogen and oxygen atoms in total. The summed E-state index contributed by atoms with van der Waals surface area (Å²) in [7, 11) is 0. The summed E-state index contributed by atoms with van der Waals surface area (Å²) in [5.74, 6) is 2.71. The topological polar surface area (TPSA) is 53.6 Å². The highest BCUT2D eigenvalue weighted by Gasteiger charge is 2.22. The van der Waals surface area contributed by atoms with Gasteiger partial charge in [-0.15, -0.1) is 0 Å². The number of aromatic amines is 1. The molecule has 0 aliphatic carbocycles. The molecule has 0 radical (unpaired) electrons. The molecule has 1 saturated heterocycles. The van der Waals surface area contributed by atoms with Crippen LogP contribution in [-0.2, 0) is 6.42 Å². The number of piperidine rings is 1. The van der Waals surface area contributed by atoms with Crippen LogP contribution < -0.4 is 5.32 Å². The van der Waals surface area contributed by atoms with Gasteiger partial charge in [-0.1, -0.05) is 13.8 Å².